The second kappa shape index (κ2) is 5.46. The molecule has 0 amide bonds. The summed E-state index contributed by atoms with van der Waals surface area (Å²) in [6.07, 6.45) is 3.52. The first-order chi connectivity index (χ1) is 8.25. The molecule has 0 aliphatic carbocycles. The van der Waals surface area contributed by atoms with Crippen LogP contribution in [0.4, 0.5) is 0 Å². The quantitative estimate of drug-likeness (QED) is 0.875. The standard InChI is InChI=1S/C14H16N2O/c1-11(15)13-2-4-14(5-3-13)17-10-12-6-8-16-9-7-12/h2-9,11H,10,15H2,1H3/t11-/m1/s1. The molecule has 1 aromatic heterocycles. The van der Waals surface area contributed by atoms with E-state index in [0.717, 1.165) is 16.9 Å². The number of hydrogen-bond acceptors (Lipinski definition) is 3. The van der Waals surface area contributed by atoms with Crippen LogP contribution in [0.25, 0.3) is 0 Å². The lowest BCUT2D eigenvalue weighted by atomic mass is 10.1. The maximum absolute atomic E-state index is 5.78. The number of nitrogens with two attached hydrogens (primary N) is 1. The minimum Gasteiger partial charge on any atom is -0.489 e. The van der Waals surface area contributed by atoms with Crippen LogP contribution in [0, 0.1) is 0 Å². The second-order valence-corrected chi connectivity index (χ2v) is 4.00. The van der Waals surface area contributed by atoms with Crippen LogP contribution in [0.2, 0.25) is 0 Å². The maximum atomic E-state index is 5.78. The van der Waals surface area contributed by atoms with Crippen LogP contribution < -0.4 is 10.5 Å². The number of benzene rings is 1. The molecule has 0 saturated carbocycles. The third-order valence-corrected chi connectivity index (χ3v) is 2.56. The van der Waals surface area contributed by atoms with E-state index in [1.54, 1.807) is 12.4 Å². The molecule has 1 atom stereocenters. The van der Waals surface area contributed by atoms with Crippen molar-refractivity contribution in [3.8, 4) is 5.75 Å². The van der Waals surface area contributed by atoms with Gasteiger partial charge < -0.3 is 10.5 Å². The first kappa shape index (κ1) is 11.6. The molecular formula is C14H16N2O. The van der Waals surface area contributed by atoms with Gasteiger partial charge in [-0.25, -0.2) is 0 Å². The number of hydrogen-bond donors (Lipinski definition) is 1. The first-order valence-electron chi connectivity index (χ1n) is 5.63. The van der Waals surface area contributed by atoms with Crippen molar-refractivity contribution < 1.29 is 4.74 Å². The molecule has 2 aromatic rings. The minimum absolute atomic E-state index is 0.0595. The fourth-order valence-electron chi connectivity index (χ4n) is 1.51. The molecule has 17 heavy (non-hydrogen) atoms. The Morgan fingerprint density at radius 2 is 1.76 bits per heavy atom. The zero-order chi connectivity index (χ0) is 12.1. The Kier molecular flexibility index (Phi) is 3.73. The van der Waals surface area contributed by atoms with Gasteiger partial charge in [-0.15, -0.1) is 0 Å². The molecule has 2 N–H and O–H groups in total. The fraction of sp³-hybridized carbons (Fsp3) is 0.214. The van der Waals surface area contributed by atoms with Gasteiger partial charge in [-0.05, 0) is 42.3 Å². The Hall–Kier alpha value is -1.87. The van der Waals surface area contributed by atoms with Crippen molar-refractivity contribution in [1.82, 2.24) is 4.98 Å². The van der Waals surface area contributed by atoms with E-state index < -0.39 is 0 Å². The highest BCUT2D eigenvalue weighted by molar-refractivity contribution is 5.29. The van der Waals surface area contributed by atoms with Gasteiger partial charge in [0.2, 0.25) is 0 Å². The zero-order valence-electron chi connectivity index (χ0n) is 9.84. The third kappa shape index (κ3) is 3.29. The van der Waals surface area contributed by atoms with Gasteiger partial charge in [0.05, 0.1) is 0 Å². The van der Waals surface area contributed by atoms with Crippen LogP contribution in [0.3, 0.4) is 0 Å². The average molecular weight is 228 g/mol. The Balaban J connectivity index is 1.96. The molecule has 1 heterocycles. The molecule has 3 nitrogen and oxygen atoms in total. The molecule has 88 valence electrons. The predicted molar refractivity (Wildman–Crippen MR) is 67.6 cm³/mol. The Bertz CT molecular complexity index is 451. The van der Waals surface area contributed by atoms with Gasteiger partial charge in [0.15, 0.2) is 0 Å². The lowest BCUT2D eigenvalue weighted by Crippen LogP contribution is -2.04. The van der Waals surface area contributed by atoms with Crippen molar-refractivity contribution in [2.45, 2.75) is 19.6 Å². The van der Waals surface area contributed by atoms with E-state index in [-0.39, 0.29) is 6.04 Å². The number of rotatable bonds is 4. The van der Waals surface area contributed by atoms with Crippen LogP contribution in [0.15, 0.2) is 48.8 Å². The van der Waals surface area contributed by atoms with Crippen LogP contribution in [0.1, 0.15) is 24.1 Å². The third-order valence-electron chi connectivity index (χ3n) is 2.56. The minimum atomic E-state index is 0.0595. The lowest BCUT2D eigenvalue weighted by Gasteiger charge is -2.08. The summed E-state index contributed by atoms with van der Waals surface area (Å²) in [4.78, 5) is 3.96. The topological polar surface area (TPSA) is 48.1 Å². The average Bonchev–Trinajstić information content (AvgIpc) is 2.38. The smallest absolute Gasteiger partial charge is 0.119 e. The summed E-state index contributed by atoms with van der Waals surface area (Å²) in [6.45, 7) is 2.52. The largest absolute Gasteiger partial charge is 0.489 e. The number of pyridine rings is 1. The van der Waals surface area contributed by atoms with Gasteiger partial charge in [0, 0.05) is 18.4 Å². The normalized spacial score (nSPS) is 12.1. The molecule has 0 spiro atoms. The SMILES string of the molecule is C[C@@H](N)c1ccc(OCc2ccncc2)cc1. The maximum Gasteiger partial charge on any atom is 0.119 e. The molecule has 3 heteroatoms. The van der Waals surface area contributed by atoms with E-state index >= 15 is 0 Å². The summed E-state index contributed by atoms with van der Waals surface area (Å²) < 4.78 is 5.66. The van der Waals surface area contributed by atoms with Crippen molar-refractivity contribution in [2.24, 2.45) is 5.73 Å². The molecular weight excluding hydrogens is 212 g/mol. The summed E-state index contributed by atoms with van der Waals surface area (Å²) >= 11 is 0. The summed E-state index contributed by atoms with van der Waals surface area (Å²) in [5.74, 6) is 0.853. The Morgan fingerprint density at radius 1 is 1.12 bits per heavy atom. The molecule has 2 rings (SSSR count). The lowest BCUT2D eigenvalue weighted by molar-refractivity contribution is 0.306. The van der Waals surface area contributed by atoms with Crippen LogP contribution in [-0.4, -0.2) is 4.98 Å². The van der Waals surface area contributed by atoms with Gasteiger partial charge in [0.1, 0.15) is 12.4 Å². The number of nitrogens with zero attached hydrogens (tertiary/aromatic N) is 1. The number of ether oxygens (including phenoxy) is 1. The number of aromatic nitrogens is 1. The fourth-order valence-corrected chi connectivity index (χ4v) is 1.51. The zero-order valence-corrected chi connectivity index (χ0v) is 9.84. The Labute approximate surface area is 101 Å². The first-order valence-corrected chi connectivity index (χ1v) is 5.63. The van der Waals surface area contributed by atoms with Gasteiger partial charge in [-0.3, -0.25) is 4.98 Å². The molecule has 0 aliphatic heterocycles. The molecule has 0 saturated heterocycles. The molecule has 0 unspecified atom stereocenters. The highest BCUT2D eigenvalue weighted by Gasteiger charge is 2.00. The van der Waals surface area contributed by atoms with Gasteiger partial charge in [-0.1, -0.05) is 12.1 Å². The van der Waals surface area contributed by atoms with Gasteiger partial charge in [-0.2, -0.15) is 0 Å². The van der Waals surface area contributed by atoms with Gasteiger partial charge >= 0.3 is 0 Å². The van der Waals surface area contributed by atoms with E-state index in [4.69, 9.17) is 10.5 Å². The molecule has 0 bridgehead atoms. The van der Waals surface area contributed by atoms with Crippen molar-refractivity contribution in [2.75, 3.05) is 0 Å². The molecule has 0 aliphatic rings. The summed E-state index contributed by atoms with van der Waals surface area (Å²) in [5.41, 5.74) is 8.00. The highest BCUT2D eigenvalue weighted by Crippen LogP contribution is 2.17. The van der Waals surface area contributed by atoms with E-state index in [9.17, 15) is 0 Å². The van der Waals surface area contributed by atoms with E-state index in [1.165, 1.54) is 0 Å². The summed E-state index contributed by atoms with van der Waals surface area (Å²) in [7, 11) is 0. The van der Waals surface area contributed by atoms with Crippen LogP contribution in [0.5, 0.6) is 5.75 Å². The monoisotopic (exact) mass is 228 g/mol. The van der Waals surface area contributed by atoms with Crippen molar-refractivity contribution >= 4 is 0 Å². The summed E-state index contributed by atoms with van der Waals surface area (Å²) in [5, 5.41) is 0. The van der Waals surface area contributed by atoms with Gasteiger partial charge in [0.25, 0.3) is 0 Å². The molecule has 0 fully saturated rings. The van der Waals surface area contributed by atoms with Crippen molar-refractivity contribution in [3.05, 3.63) is 59.9 Å². The summed E-state index contributed by atoms with van der Waals surface area (Å²) in [6, 6.07) is 11.8. The molecule has 1 aromatic carbocycles. The van der Waals surface area contributed by atoms with E-state index in [1.807, 2.05) is 43.3 Å². The predicted octanol–water partition coefficient (Wildman–Crippen LogP) is 2.68. The van der Waals surface area contributed by atoms with E-state index in [2.05, 4.69) is 4.98 Å². The highest BCUT2D eigenvalue weighted by atomic mass is 16.5. The second-order valence-electron chi connectivity index (χ2n) is 4.00. The van der Waals surface area contributed by atoms with Crippen LogP contribution >= 0.6 is 0 Å². The Morgan fingerprint density at radius 3 is 2.35 bits per heavy atom. The molecule has 0 radical (unpaired) electrons. The van der Waals surface area contributed by atoms with Crippen LogP contribution in [-0.2, 0) is 6.61 Å². The van der Waals surface area contributed by atoms with Crippen molar-refractivity contribution in [3.63, 3.8) is 0 Å². The van der Waals surface area contributed by atoms with Crippen molar-refractivity contribution in [1.29, 1.82) is 0 Å². The van der Waals surface area contributed by atoms with E-state index in [0.29, 0.717) is 6.61 Å².